The van der Waals surface area contributed by atoms with Gasteiger partial charge in [-0.15, -0.1) is 0 Å². The molecule has 3 N–H and O–H groups in total. The first kappa shape index (κ1) is 18.4. The van der Waals surface area contributed by atoms with Crippen LogP contribution >= 0.6 is 0 Å². The van der Waals surface area contributed by atoms with Crippen LogP contribution in [0.15, 0.2) is 23.2 Å². The predicted molar refractivity (Wildman–Crippen MR) is 98.7 cm³/mol. The van der Waals surface area contributed by atoms with E-state index in [0.29, 0.717) is 31.8 Å². The van der Waals surface area contributed by atoms with Crippen LogP contribution in [0.4, 0.5) is 0 Å². The van der Waals surface area contributed by atoms with Crippen LogP contribution in [0.2, 0.25) is 0 Å². The van der Waals surface area contributed by atoms with Gasteiger partial charge >= 0.3 is 0 Å². The Morgan fingerprint density at radius 1 is 1.21 bits per heavy atom. The molecule has 1 aromatic rings. The minimum atomic E-state index is 0.333. The average Bonchev–Trinajstić information content (AvgIpc) is 2.78. The average molecular weight is 333 g/mol. The summed E-state index contributed by atoms with van der Waals surface area (Å²) >= 11 is 0. The number of benzene rings is 1. The Hall–Kier alpha value is -1.91. The summed E-state index contributed by atoms with van der Waals surface area (Å²) in [6, 6.07) is 6.25. The third kappa shape index (κ3) is 5.95. The van der Waals surface area contributed by atoms with Crippen molar-refractivity contribution in [2.24, 2.45) is 16.6 Å². The third-order valence-electron chi connectivity index (χ3n) is 4.09. The maximum atomic E-state index is 6.03. The van der Waals surface area contributed by atoms with E-state index in [1.807, 2.05) is 18.2 Å². The fourth-order valence-corrected chi connectivity index (χ4v) is 2.75. The summed E-state index contributed by atoms with van der Waals surface area (Å²) in [5.74, 6) is 2.84. The van der Waals surface area contributed by atoms with E-state index < -0.39 is 0 Å². The van der Waals surface area contributed by atoms with E-state index in [1.165, 1.54) is 12.8 Å². The van der Waals surface area contributed by atoms with Crippen molar-refractivity contribution in [3.8, 4) is 11.5 Å². The van der Waals surface area contributed by atoms with Crippen LogP contribution in [0.5, 0.6) is 11.5 Å². The van der Waals surface area contributed by atoms with Gasteiger partial charge in [0.1, 0.15) is 0 Å². The van der Waals surface area contributed by atoms with Gasteiger partial charge < -0.3 is 20.5 Å². The van der Waals surface area contributed by atoms with Crippen molar-refractivity contribution in [3.63, 3.8) is 0 Å². The molecule has 0 radical (unpaired) electrons. The number of aliphatic imine (C=N–C) groups is 1. The number of nitrogens with zero attached hydrogens (tertiary/aromatic N) is 1. The molecule has 0 aromatic heterocycles. The van der Waals surface area contributed by atoms with Gasteiger partial charge in [0.25, 0.3) is 0 Å². The number of ether oxygens (including phenoxy) is 2. The van der Waals surface area contributed by atoms with Crippen LogP contribution in [0.1, 0.15) is 52.0 Å². The Morgan fingerprint density at radius 2 is 2.00 bits per heavy atom. The van der Waals surface area contributed by atoms with Crippen LogP contribution in [0.25, 0.3) is 0 Å². The summed E-state index contributed by atoms with van der Waals surface area (Å²) in [4.78, 5) is 4.46. The monoisotopic (exact) mass is 333 g/mol. The highest BCUT2D eigenvalue weighted by Crippen LogP contribution is 2.33. The van der Waals surface area contributed by atoms with Crippen molar-refractivity contribution >= 4 is 5.96 Å². The van der Waals surface area contributed by atoms with Gasteiger partial charge in [-0.25, -0.2) is 4.99 Å². The largest absolute Gasteiger partial charge is 0.490 e. The van der Waals surface area contributed by atoms with E-state index >= 15 is 0 Å². The van der Waals surface area contributed by atoms with E-state index in [1.54, 1.807) is 0 Å². The summed E-state index contributed by atoms with van der Waals surface area (Å²) in [5.41, 5.74) is 7.03. The number of hydrogen-bond donors (Lipinski definition) is 2. The fraction of sp³-hybridized carbons (Fsp3) is 0.632. The van der Waals surface area contributed by atoms with Crippen molar-refractivity contribution in [3.05, 3.63) is 23.8 Å². The lowest BCUT2D eigenvalue weighted by atomic mass is 10.0. The first-order chi connectivity index (χ1) is 11.6. The zero-order valence-corrected chi connectivity index (χ0v) is 15.2. The molecule has 0 spiro atoms. The molecule has 1 aliphatic rings. The number of hydrogen-bond acceptors (Lipinski definition) is 3. The van der Waals surface area contributed by atoms with Crippen LogP contribution in [0.3, 0.4) is 0 Å². The Kier molecular flexibility index (Phi) is 7.22. The van der Waals surface area contributed by atoms with E-state index in [2.05, 4.69) is 31.1 Å². The van der Waals surface area contributed by atoms with Crippen molar-refractivity contribution in [2.75, 3.05) is 13.2 Å². The topological polar surface area (TPSA) is 68.9 Å². The molecule has 5 heteroatoms. The second kappa shape index (κ2) is 9.40. The van der Waals surface area contributed by atoms with Gasteiger partial charge in [0, 0.05) is 18.0 Å². The smallest absolute Gasteiger partial charge is 0.189 e. The number of nitrogens with one attached hydrogen (secondary N) is 1. The van der Waals surface area contributed by atoms with Gasteiger partial charge in [-0.3, -0.25) is 0 Å². The van der Waals surface area contributed by atoms with Crippen molar-refractivity contribution in [1.82, 2.24) is 5.32 Å². The van der Waals surface area contributed by atoms with Crippen molar-refractivity contribution in [1.29, 1.82) is 0 Å². The van der Waals surface area contributed by atoms with Crippen LogP contribution < -0.4 is 20.5 Å². The molecule has 0 amide bonds. The summed E-state index contributed by atoms with van der Waals surface area (Å²) in [6.45, 7) is 8.51. The molecule has 0 saturated heterocycles. The highest BCUT2D eigenvalue weighted by molar-refractivity contribution is 5.78. The molecule has 24 heavy (non-hydrogen) atoms. The van der Waals surface area contributed by atoms with Gasteiger partial charge in [0.15, 0.2) is 17.5 Å². The Labute approximate surface area is 145 Å². The molecule has 1 aromatic carbocycles. The zero-order chi connectivity index (χ0) is 17.4. The second-order valence-corrected chi connectivity index (χ2v) is 6.87. The zero-order valence-electron chi connectivity index (χ0n) is 15.2. The lowest BCUT2D eigenvalue weighted by molar-refractivity contribution is 0.296. The van der Waals surface area contributed by atoms with Gasteiger partial charge in [0.05, 0.1) is 19.8 Å². The molecule has 1 atom stereocenters. The standard InChI is InChI=1S/C19H31N3O2/c1-14(2)7-4-8-15(3)22-19(20)21-13-16-9-5-10-17-18(16)24-12-6-11-23-17/h5,9-10,14-15H,4,6-8,11-13H2,1-3H3,(H3,20,21,22). The first-order valence-electron chi connectivity index (χ1n) is 9.00. The molecule has 0 bridgehead atoms. The third-order valence-corrected chi connectivity index (χ3v) is 4.09. The SMILES string of the molecule is CC(C)CCCC(C)NC(N)=NCc1cccc2c1OCCCO2. The van der Waals surface area contributed by atoms with E-state index in [0.717, 1.165) is 35.8 Å². The van der Waals surface area contributed by atoms with Crippen molar-refractivity contribution in [2.45, 2.75) is 59.0 Å². The number of para-hydroxylation sites is 1. The summed E-state index contributed by atoms with van der Waals surface area (Å²) in [5, 5.41) is 3.27. The number of rotatable bonds is 7. The quantitative estimate of drug-likeness (QED) is 0.592. The molecule has 0 aliphatic carbocycles. The maximum absolute atomic E-state index is 6.03. The molecular formula is C19H31N3O2. The van der Waals surface area contributed by atoms with Crippen molar-refractivity contribution < 1.29 is 9.47 Å². The molecule has 1 unspecified atom stereocenters. The minimum absolute atomic E-state index is 0.333. The summed E-state index contributed by atoms with van der Waals surface area (Å²) in [6.07, 6.45) is 4.45. The highest BCUT2D eigenvalue weighted by atomic mass is 16.5. The van der Waals surface area contributed by atoms with Gasteiger partial charge in [-0.2, -0.15) is 0 Å². The lowest BCUT2D eigenvalue weighted by Crippen LogP contribution is -2.38. The van der Waals surface area contributed by atoms with Crippen LogP contribution in [-0.2, 0) is 6.54 Å². The molecule has 2 rings (SSSR count). The summed E-state index contributed by atoms with van der Waals surface area (Å²) < 4.78 is 11.5. The molecule has 0 saturated carbocycles. The summed E-state index contributed by atoms with van der Waals surface area (Å²) in [7, 11) is 0. The van der Waals surface area contributed by atoms with Gasteiger partial charge in [-0.05, 0) is 25.3 Å². The molecule has 134 valence electrons. The van der Waals surface area contributed by atoms with Gasteiger partial charge in [0.2, 0.25) is 0 Å². The number of guanidine groups is 1. The van der Waals surface area contributed by atoms with E-state index in [9.17, 15) is 0 Å². The van der Waals surface area contributed by atoms with E-state index in [-0.39, 0.29) is 0 Å². The maximum Gasteiger partial charge on any atom is 0.189 e. The molecule has 1 aliphatic heterocycles. The molecule has 1 heterocycles. The Morgan fingerprint density at radius 3 is 2.79 bits per heavy atom. The normalized spacial score (nSPS) is 15.9. The number of fused-ring (bicyclic) bond motifs is 1. The van der Waals surface area contributed by atoms with Gasteiger partial charge in [-0.1, -0.05) is 38.8 Å². The molecular weight excluding hydrogens is 302 g/mol. The fourth-order valence-electron chi connectivity index (χ4n) is 2.75. The van der Waals surface area contributed by atoms with Crippen LogP contribution in [0, 0.1) is 5.92 Å². The van der Waals surface area contributed by atoms with E-state index in [4.69, 9.17) is 15.2 Å². The number of nitrogens with two attached hydrogens (primary N) is 1. The predicted octanol–water partition coefficient (Wildman–Crippen LogP) is 3.47. The second-order valence-electron chi connectivity index (χ2n) is 6.87. The minimum Gasteiger partial charge on any atom is -0.490 e. The lowest BCUT2D eigenvalue weighted by Gasteiger charge is -2.15. The molecule has 0 fully saturated rings. The highest BCUT2D eigenvalue weighted by Gasteiger charge is 2.14. The Bertz CT molecular complexity index is 543. The Balaban J connectivity index is 1.88. The first-order valence-corrected chi connectivity index (χ1v) is 9.00. The van der Waals surface area contributed by atoms with Crippen LogP contribution in [-0.4, -0.2) is 25.2 Å². The molecule has 5 nitrogen and oxygen atoms in total.